The van der Waals surface area contributed by atoms with Gasteiger partial charge < -0.3 is 28.4 Å². The zero-order valence-electron chi connectivity index (χ0n) is 14.6. The van der Waals surface area contributed by atoms with Crippen molar-refractivity contribution >= 4 is 0 Å². The zero-order chi connectivity index (χ0) is 16.4. The first-order chi connectivity index (χ1) is 11.4. The van der Waals surface area contributed by atoms with Crippen molar-refractivity contribution in [3.8, 4) is 0 Å². The summed E-state index contributed by atoms with van der Waals surface area (Å²) in [5.74, 6) is 0. The predicted molar refractivity (Wildman–Crippen MR) is 88.0 cm³/mol. The average Bonchev–Trinajstić information content (AvgIpc) is 2.57. The topological polar surface area (TPSA) is 55.4 Å². The highest BCUT2D eigenvalue weighted by molar-refractivity contribution is 4.56. The van der Waals surface area contributed by atoms with E-state index < -0.39 is 0 Å². The molecule has 0 aliphatic carbocycles. The van der Waals surface area contributed by atoms with Crippen LogP contribution in [0.5, 0.6) is 0 Å². The van der Waals surface area contributed by atoms with E-state index in [2.05, 4.69) is 6.92 Å². The van der Waals surface area contributed by atoms with Crippen molar-refractivity contribution in [2.45, 2.75) is 38.7 Å². The van der Waals surface area contributed by atoms with Crippen LogP contribution in [0.25, 0.3) is 0 Å². The summed E-state index contributed by atoms with van der Waals surface area (Å²) >= 11 is 0. The number of hydrogen-bond donors (Lipinski definition) is 0. The van der Waals surface area contributed by atoms with E-state index >= 15 is 0 Å². The maximum absolute atomic E-state index is 5.79. The van der Waals surface area contributed by atoms with Gasteiger partial charge in [-0.3, -0.25) is 0 Å². The van der Waals surface area contributed by atoms with Crippen molar-refractivity contribution in [1.82, 2.24) is 0 Å². The zero-order valence-corrected chi connectivity index (χ0v) is 14.6. The number of hydrogen-bond acceptors (Lipinski definition) is 6. The molecular formula is C17H34O6. The Balaban J connectivity index is 2.15. The van der Waals surface area contributed by atoms with Gasteiger partial charge in [-0.05, 0) is 6.42 Å². The van der Waals surface area contributed by atoms with Crippen LogP contribution in [0.1, 0.15) is 32.6 Å². The molecule has 138 valence electrons. The molecule has 1 rings (SSSR count). The Morgan fingerprint density at radius 1 is 0.739 bits per heavy atom. The second kappa shape index (κ2) is 16.6. The molecular weight excluding hydrogens is 300 g/mol. The minimum absolute atomic E-state index is 0.0499. The summed E-state index contributed by atoms with van der Waals surface area (Å²) in [7, 11) is 0. The van der Waals surface area contributed by atoms with Gasteiger partial charge in [-0.15, -0.1) is 0 Å². The number of ether oxygens (including phenoxy) is 6. The van der Waals surface area contributed by atoms with Gasteiger partial charge in [-0.1, -0.05) is 26.2 Å². The summed E-state index contributed by atoms with van der Waals surface area (Å²) < 4.78 is 33.4. The van der Waals surface area contributed by atoms with Gasteiger partial charge in [0, 0.05) is 6.61 Å². The fraction of sp³-hybridized carbons (Fsp3) is 1.00. The van der Waals surface area contributed by atoms with Gasteiger partial charge in [0.25, 0.3) is 0 Å². The molecule has 0 N–H and O–H groups in total. The first-order valence-corrected chi connectivity index (χ1v) is 8.93. The molecule has 1 saturated heterocycles. The largest absolute Gasteiger partial charge is 0.379 e. The molecule has 0 aromatic carbocycles. The Morgan fingerprint density at radius 3 is 2.00 bits per heavy atom. The molecule has 0 spiro atoms. The molecule has 0 amide bonds. The molecule has 6 heteroatoms. The molecule has 0 bridgehead atoms. The second-order valence-electron chi connectivity index (χ2n) is 5.54. The maximum atomic E-state index is 5.79. The molecule has 0 saturated carbocycles. The van der Waals surface area contributed by atoms with Crippen molar-refractivity contribution < 1.29 is 28.4 Å². The Labute approximate surface area is 140 Å². The molecule has 1 aliphatic rings. The van der Waals surface area contributed by atoms with E-state index in [-0.39, 0.29) is 6.10 Å². The lowest BCUT2D eigenvalue weighted by Crippen LogP contribution is -2.28. The standard InChI is InChI=1S/C17H34O6/c1-2-3-4-5-6-21-15-17-16-22-12-11-19-8-7-18-9-10-20-13-14-23-17/h17H,2-16H2,1H3. The van der Waals surface area contributed by atoms with Gasteiger partial charge in [0.1, 0.15) is 6.10 Å². The lowest BCUT2D eigenvalue weighted by molar-refractivity contribution is -0.0778. The van der Waals surface area contributed by atoms with Gasteiger partial charge in [-0.25, -0.2) is 0 Å². The van der Waals surface area contributed by atoms with E-state index in [0.717, 1.165) is 13.0 Å². The van der Waals surface area contributed by atoms with Crippen LogP contribution in [0.2, 0.25) is 0 Å². The van der Waals surface area contributed by atoms with E-state index in [0.29, 0.717) is 66.1 Å². The number of unbranched alkanes of at least 4 members (excludes halogenated alkanes) is 3. The molecule has 0 aromatic rings. The highest BCUT2D eigenvalue weighted by atomic mass is 16.6. The molecule has 1 unspecified atom stereocenters. The van der Waals surface area contributed by atoms with Crippen molar-refractivity contribution in [3.05, 3.63) is 0 Å². The highest BCUT2D eigenvalue weighted by Gasteiger charge is 2.10. The smallest absolute Gasteiger partial charge is 0.104 e. The Hall–Kier alpha value is -0.240. The van der Waals surface area contributed by atoms with Crippen molar-refractivity contribution in [2.75, 3.05) is 72.7 Å². The molecule has 1 aliphatic heterocycles. The maximum Gasteiger partial charge on any atom is 0.104 e. The predicted octanol–water partition coefficient (Wildman–Crippen LogP) is 2.05. The quantitative estimate of drug-likeness (QED) is 0.664. The summed E-state index contributed by atoms with van der Waals surface area (Å²) in [5.41, 5.74) is 0. The van der Waals surface area contributed by atoms with Gasteiger partial charge in [0.05, 0.1) is 66.1 Å². The lowest BCUT2D eigenvalue weighted by atomic mass is 10.2. The van der Waals surface area contributed by atoms with E-state index in [1.807, 2.05) is 0 Å². The van der Waals surface area contributed by atoms with Crippen molar-refractivity contribution in [2.24, 2.45) is 0 Å². The van der Waals surface area contributed by atoms with Gasteiger partial charge in [-0.2, -0.15) is 0 Å². The molecule has 0 radical (unpaired) electrons. The van der Waals surface area contributed by atoms with Gasteiger partial charge in [0.2, 0.25) is 0 Å². The van der Waals surface area contributed by atoms with Crippen molar-refractivity contribution in [3.63, 3.8) is 0 Å². The third kappa shape index (κ3) is 13.9. The average molecular weight is 334 g/mol. The highest BCUT2D eigenvalue weighted by Crippen LogP contribution is 2.01. The Kier molecular flexibility index (Phi) is 15.0. The van der Waals surface area contributed by atoms with Crippen LogP contribution in [0.15, 0.2) is 0 Å². The van der Waals surface area contributed by atoms with Crippen LogP contribution in [-0.2, 0) is 28.4 Å². The minimum atomic E-state index is -0.0499. The monoisotopic (exact) mass is 334 g/mol. The van der Waals surface area contributed by atoms with Crippen LogP contribution in [0.4, 0.5) is 0 Å². The van der Waals surface area contributed by atoms with Crippen LogP contribution < -0.4 is 0 Å². The third-order valence-corrected chi connectivity index (χ3v) is 3.45. The van der Waals surface area contributed by atoms with Crippen molar-refractivity contribution in [1.29, 1.82) is 0 Å². The van der Waals surface area contributed by atoms with Gasteiger partial charge >= 0.3 is 0 Å². The first-order valence-electron chi connectivity index (χ1n) is 8.93. The summed E-state index contributed by atoms with van der Waals surface area (Å²) in [5, 5.41) is 0. The summed E-state index contributed by atoms with van der Waals surface area (Å²) in [6.45, 7) is 8.68. The summed E-state index contributed by atoms with van der Waals surface area (Å²) in [6.07, 6.45) is 4.80. The normalized spacial score (nSPS) is 23.1. The molecule has 1 atom stereocenters. The molecule has 1 heterocycles. The Morgan fingerprint density at radius 2 is 1.35 bits per heavy atom. The van der Waals surface area contributed by atoms with E-state index in [9.17, 15) is 0 Å². The van der Waals surface area contributed by atoms with E-state index in [1.54, 1.807) is 0 Å². The van der Waals surface area contributed by atoms with Crippen LogP contribution in [0.3, 0.4) is 0 Å². The van der Waals surface area contributed by atoms with E-state index in [4.69, 9.17) is 28.4 Å². The molecule has 6 nitrogen and oxygen atoms in total. The third-order valence-electron chi connectivity index (χ3n) is 3.45. The van der Waals surface area contributed by atoms with Gasteiger partial charge in [0.15, 0.2) is 0 Å². The number of rotatable bonds is 7. The van der Waals surface area contributed by atoms with Crippen LogP contribution in [-0.4, -0.2) is 78.8 Å². The van der Waals surface area contributed by atoms with Crippen LogP contribution in [0, 0.1) is 0 Å². The lowest BCUT2D eigenvalue weighted by Gasteiger charge is -2.18. The SMILES string of the molecule is CCCCCCOCC1COCCOCCOCCOCCO1. The molecule has 23 heavy (non-hydrogen) atoms. The first kappa shape index (κ1) is 20.8. The summed E-state index contributed by atoms with van der Waals surface area (Å²) in [6, 6.07) is 0. The molecule has 0 aromatic heterocycles. The Bertz CT molecular complexity index is 223. The second-order valence-corrected chi connectivity index (χ2v) is 5.54. The van der Waals surface area contributed by atoms with Crippen LogP contribution >= 0.6 is 0 Å². The fourth-order valence-corrected chi connectivity index (χ4v) is 2.14. The fourth-order valence-electron chi connectivity index (χ4n) is 2.14. The minimum Gasteiger partial charge on any atom is -0.379 e. The summed E-state index contributed by atoms with van der Waals surface area (Å²) in [4.78, 5) is 0. The molecule has 1 fully saturated rings. The van der Waals surface area contributed by atoms with E-state index in [1.165, 1.54) is 19.3 Å².